The summed E-state index contributed by atoms with van der Waals surface area (Å²) >= 11 is 0. The van der Waals surface area contributed by atoms with E-state index in [4.69, 9.17) is 5.73 Å². The van der Waals surface area contributed by atoms with Gasteiger partial charge in [0.2, 0.25) is 0 Å². The molecule has 1 heterocycles. The zero-order chi connectivity index (χ0) is 12.3. The number of aromatic nitrogens is 1. The van der Waals surface area contributed by atoms with Crippen molar-refractivity contribution in [2.75, 3.05) is 6.54 Å². The van der Waals surface area contributed by atoms with Gasteiger partial charge >= 0.3 is 0 Å². The van der Waals surface area contributed by atoms with Crippen molar-refractivity contribution in [3.63, 3.8) is 0 Å². The van der Waals surface area contributed by atoms with Crippen molar-refractivity contribution in [2.24, 2.45) is 10.7 Å². The molecule has 0 atom stereocenters. The van der Waals surface area contributed by atoms with E-state index in [1.807, 2.05) is 12.1 Å². The SMILES string of the molecule is CCCCCCNC(N)=NCc1cccnc1.I. The molecule has 0 unspecified atom stereocenters. The Hall–Kier alpha value is -0.850. The lowest BCUT2D eigenvalue weighted by Crippen LogP contribution is -2.32. The summed E-state index contributed by atoms with van der Waals surface area (Å²) in [6, 6.07) is 3.89. The Bertz CT molecular complexity index is 327. The molecule has 0 saturated heterocycles. The van der Waals surface area contributed by atoms with E-state index in [2.05, 4.69) is 22.2 Å². The minimum absolute atomic E-state index is 0. The molecular weight excluding hydrogens is 339 g/mol. The molecule has 3 N–H and O–H groups in total. The highest BCUT2D eigenvalue weighted by Crippen LogP contribution is 1.98. The predicted molar refractivity (Wildman–Crippen MR) is 87.1 cm³/mol. The summed E-state index contributed by atoms with van der Waals surface area (Å²) in [4.78, 5) is 8.28. The number of rotatable bonds is 7. The first-order valence-corrected chi connectivity index (χ1v) is 6.25. The summed E-state index contributed by atoms with van der Waals surface area (Å²) in [6.45, 7) is 3.70. The van der Waals surface area contributed by atoms with Gasteiger partial charge < -0.3 is 11.1 Å². The Morgan fingerprint density at radius 2 is 2.22 bits per heavy atom. The second-order valence-corrected chi connectivity index (χ2v) is 4.05. The van der Waals surface area contributed by atoms with Crippen molar-refractivity contribution in [3.8, 4) is 0 Å². The summed E-state index contributed by atoms with van der Waals surface area (Å²) in [5, 5.41) is 3.12. The molecule has 0 radical (unpaired) electrons. The zero-order valence-corrected chi connectivity index (χ0v) is 13.3. The van der Waals surface area contributed by atoms with Crippen molar-refractivity contribution in [1.29, 1.82) is 0 Å². The molecule has 5 heteroatoms. The Morgan fingerprint density at radius 3 is 2.89 bits per heavy atom. The van der Waals surface area contributed by atoms with Crippen LogP contribution in [0.1, 0.15) is 38.2 Å². The average Bonchev–Trinajstić information content (AvgIpc) is 2.37. The summed E-state index contributed by atoms with van der Waals surface area (Å²) in [5.74, 6) is 0.519. The lowest BCUT2D eigenvalue weighted by molar-refractivity contribution is 0.652. The van der Waals surface area contributed by atoms with Gasteiger partial charge in [-0.1, -0.05) is 32.3 Å². The monoisotopic (exact) mass is 362 g/mol. The number of nitrogens with zero attached hydrogens (tertiary/aromatic N) is 2. The summed E-state index contributed by atoms with van der Waals surface area (Å²) < 4.78 is 0. The van der Waals surface area contributed by atoms with Gasteiger partial charge in [0, 0.05) is 18.9 Å². The molecule has 0 aromatic carbocycles. The molecular formula is C13H23IN4. The fourth-order valence-electron chi connectivity index (χ4n) is 1.49. The van der Waals surface area contributed by atoms with E-state index in [1.165, 1.54) is 19.3 Å². The molecule has 0 spiro atoms. The maximum Gasteiger partial charge on any atom is 0.188 e. The van der Waals surface area contributed by atoms with Crippen LogP contribution in [0.2, 0.25) is 0 Å². The molecule has 0 bridgehead atoms. The molecule has 0 fully saturated rings. The highest BCUT2D eigenvalue weighted by Gasteiger charge is 1.93. The number of nitrogens with one attached hydrogen (secondary N) is 1. The van der Waals surface area contributed by atoms with E-state index in [9.17, 15) is 0 Å². The normalized spacial score (nSPS) is 10.8. The van der Waals surface area contributed by atoms with E-state index >= 15 is 0 Å². The largest absolute Gasteiger partial charge is 0.370 e. The third-order valence-corrected chi connectivity index (χ3v) is 2.49. The number of pyridine rings is 1. The van der Waals surface area contributed by atoms with Crippen molar-refractivity contribution >= 4 is 29.9 Å². The van der Waals surface area contributed by atoms with E-state index in [0.717, 1.165) is 18.5 Å². The van der Waals surface area contributed by atoms with Crippen LogP contribution in [0.5, 0.6) is 0 Å². The fraction of sp³-hybridized carbons (Fsp3) is 0.538. The Kier molecular flexibility index (Phi) is 10.7. The van der Waals surface area contributed by atoms with Crippen LogP contribution in [0.25, 0.3) is 0 Å². The number of hydrogen-bond donors (Lipinski definition) is 2. The van der Waals surface area contributed by atoms with Crippen LogP contribution in [-0.2, 0) is 6.54 Å². The van der Waals surface area contributed by atoms with Gasteiger partial charge in [0.1, 0.15) is 0 Å². The quantitative estimate of drug-likeness (QED) is 0.339. The minimum Gasteiger partial charge on any atom is -0.370 e. The number of hydrogen-bond acceptors (Lipinski definition) is 2. The first-order valence-electron chi connectivity index (χ1n) is 6.25. The maximum atomic E-state index is 5.75. The number of halogens is 1. The van der Waals surface area contributed by atoms with Gasteiger partial charge in [-0.25, -0.2) is 4.99 Å². The van der Waals surface area contributed by atoms with Gasteiger partial charge in [0.05, 0.1) is 6.54 Å². The average molecular weight is 362 g/mol. The second-order valence-electron chi connectivity index (χ2n) is 4.05. The Morgan fingerprint density at radius 1 is 1.39 bits per heavy atom. The molecule has 1 rings (SSSR count). The molecule has 1 aromatic heterocycles. The first kappa shape index (κ1) is 17.2. The van der Waals surface area contributed by atoms with Gasteiger partial charge in [-0.3, -0.25) is 4.98 Å². The highest BCUT2D eigenvalue weighted by atomic mass is 127. The topological polar surface area (TPSA) is 63.3 Å². The number of nitrogens with two attached hydrogens (primary N) is 1. The van der Waals surface area contributed by atoms with Crippen LogP contribution in [0.15, 0.2) is 29.5 Å². The van der Waals surface area contributed by atoms with Crippen molar-refractivity contribution in [1.82, 2.24) is 10.3 Å². The van der Waals surface area contributed by atoms with E-state index in [1.54, 1.807) is 12.4 Å². The van der Waals surface area contributed by atoms with Gasteiger partial charge in [-0.05, 0) is 18.1 Å². The van der Waals surface area contributed by atoms with Crippen LogP contribution in [0, 0.1) is 0 Å². The van der Waals surface area contributed by atoms with Gasteiger partial charge in [0.15, 0.2) is 5.96 Å². The second kappa shape index (κ2) is 11.3. The lowest BCUT2D eigenvalue weighted by Gasteiger charge is -2.05. The molecule has 0 aliphatic carbocycles. The fourth-order valence-corrected chi connectivity index (χ4v) is 1.49. The third kappa shape index (κ3) is 8.27. The van der Waals surface area contributed by atoms with Crippen LogP contribution in [0.4, 0.5) is 0 Å². The van der Waals surface area contributed by atoms with E-state index < -0.39 is 0 Å². The Labute approximate surface area is 126 Å². The molecule has 0 aliphatic rings. The predicted octanol–water partition coefficient (Wildman–Crippen LogP) is 2.68. The molecule has 4 nitrogen and oxygen atoms in total. The molecule has 0 saturated carbocycles. The van der Waals surface area contributed by atoms with Gasteiger partial charge in [0.25, 0.3) is 0 Å². The summed E-state index contributed by atoms with van der Waals surface area (Å²) in [7, 11) is 0. The zero-order valence-electron chi connectivity index (χ0n) is 10.9. The standard InChI is InChI=1S/C13H22N4.HI/c1-2-3-4-5-9-16-13(14)17-11-12-7-6-8-15-10-12;/h6-8,10H,2-5,9,11H2,1H3,(H3,14,16,17);1H. The van der Waals surface area contributed by atoms with Crippen molar-refractivity contribution < 1.29 is 0 Å². The van der Waals surface area contributed by atoms with Crippen LogP contribution in [0.3, 0.4) is 0 Å². The molecule has 18 heavy (non-hydrogen) atoms. The van der Waals surface area contributed by atoms with Gasteiger partial charge in [-0.2, -0.15) is 0 Å². The van der Waals surface area contributed by atoms with E-state index in [-0.39, 0.29) is 24.0 Å². The number of aliphatic imine (C=N–C) groups is 1. The summed E-state index contributed by atoms with van der Waals surface area (Å²) in [5.41, 5.74) is 6.83. The minimum atomic E-state index is 0. The smallest absolute Gasteiger partial charge is 0.188 e. The number of guanidine groups is 1. The summed E-state index contributed by atoms with van der Waals surface area (Å²) in [6.07, 6.45) is 8.50. The third-order valence-electron chi connectivity index (χ3n) is 2.49. The lowest BCUT2D eigenvalue weighted by atomic mass is 10.2. The Balaban J connectivity index is 0.00000289. The highest BCUT2D eigenvalue weighted by molar-refractivity contribution is 14.0. The molecule has 0 amide bonds. The van der Waals surface area contributed by atoms with Crippen LogP contribution < -0.4 is 11.1 Å². The number of unbranched alkanes of at least 4 members (excludes halogenated alkanes) is 3. The molecule has 1 aromatic rings. The van der Waals surface area contributed by atoms with Crippen molar-refractivity contribution in [3.05, 3.63) is 30.1 Å². The van der Waals surface area contributed by atoms with Gasteiger partial charge in [-0.15, -0.1) is 24.0 Å². The van der Waals surface area contributed by atoms with E-state index in [0.29, 0.717) is 12.5 Å². The van der Waals surface area contributed by atoms with Crippen LogP contribution in [-0.4, -0.2) is 17.5 Å². The molecule has 0 aliphatic heterocycles. The van der Waals surface area contributed by atoms with Crippen LogP contribution >= 0.6 is 24.0 Å². The maximum absolute atomic E-state index is 5.75. The molecule has 102 valence electrons. The van der Waals surface area contributed by atoms with Crippen molar-refractivity contribution in [2.45, 2.75) is 39.2 Å². The first-order chi connectivity index (χ1) is 8.33.